The van der Waals surface area contributed by atoms with Gasteiger partial charge in [-0.15, -0.1) is 0 Å². The summed E-state index contributed by atoms with van der Waals surface area (Å²) in [6, 6.07) is 6.34. The number of benzene rings is 1. The molecule has 0 saturated carbocycles. The summed E-state index contributed by atoms with van der Waals surface area (Å²) in [6.45, 7) is 5.43. The molecular weight excluding hydrogens is 332 g/mol. The average molecular weight is 356 g/mol. The number of hydrogen-bond donors (Lipinski definition) is 2. The first-order valence-electron chi connectivity index (χ1n) is 8.94. The minimum Gasteiger partial charge on any atom is -0.322 e. The van der Waals surface area contributed by atoms with Crippen LogP contribution in [0.15, 0.2) is 36.0 Å². The number of carbonyl (C=O) groups is 3. The smallest absolute Gasteiger partial charge is 0.322 e. The van der Waals surface area contributed by atoms with E-state index in [1.165, 1.54) is 6.42 Å². The van der Waals surface area contributed by atoms with Crippen LogP contribution < -0.4 is 15.6 Å². The normalized spacial score (nSPS) is 22.4. The third-order valence-electron chi connectivity index (χ3n) is 4.72. The van der Waals surface area contributed by atoms with Gasteiger partial charge in [0.15, 0.2) is 5.92 Å². The zero-order chi connectivity index (χ0) is 18.7. The number of urea groups is 1. The molecule has 2 heterocycles. The van der Waals surface area contributed by atoms with Crippen molar-refractivity contribution in [3.05, 3.63) is 41.6 Å². The molecule has 0 aromatic heterocycles. The van der Waals surface area contributed by atoms with Crippen molar-refractivity contribution in [3.63, 3.8) is 0 Å². The number of carbonyl (C=O) groups excluding carboxylic acids is 3. The number of hydrazine groups is 1. The highest BCUT2D eigenvalue weighted by molar-refractivity contribution is 6.28. The fourth-order valence-corrected chi connectivity index (χ4v) is 3.27. The predicted molar refractivity (Wildman–Crippen MR) is 98.0 cm³/mol. The molecule has 1 aromatic carbocycles. The summed E-state index contributed by atoms with van der Waals surface area (Å²) < 4.78 is 0. The lowest BCUT2D eigenvalue weighted by atomic mass is 9.99. The van der Waals surface area contributed by atoms with E-state index in [-0.39, 0.29) is 0 Å². The van der Waals surface area contributed by atoms with Crippen LogP contribution in [-0.4, -0.2) is 35.9 Å². The predicted octanol–water partition coefficient (Wildman–Crippen LogP) is 2.09. The first-order chi connectivity index (χ1) is 12.5. The van der Waals surface area contributed by atoms with E-state index in [2.05, 4.69) is 10.7 Å². The number of nitrogens with zero attached hydrogens (tertiary/aromatic N) is 2. The summed E-state index contributed by atoms with van der Waals surface area (Å²) >= 11 is 0. The van der Waals surface area contributed by atoms with Crippen LogP contribution in [0.5, 0.6) is 0 Å². The quantitative estimate of drug-likeness (QED) is 0.808. The van der Waals surface area contributed by atoms with Crippen LogP contribution in [-0.2, 0) is 9.59 Å². The molecule has 0 bridgehead atoms. The lowest BCUT2D eigenvalue weighted by Gasteiger charge is -2.35. The van der Waals surface area contributed by atoms with Gasteiger partial charge in [0.25, 0.3) is 5.91 Å². The molecule has 138 valence electrons. The van der Waals surface area contributed by atoms with E-state index in [1.54, 1.807) is 25.1 Å². The molecule has 26 heavy (non-hydrogen) atoms. The SMILES string of the molecule is C/C=C(/NN1CCCCC1)[C@@H]1C(=O)NC(=O)N(c2ccc(C)cc2)C1=O. The van der Waals surface area contributed by atoms with Crippen LogP contribution in [0.25, 0.3) is 0 Å². The van der Waals surface area contributed by atoms with Crippen molar-refractivity contribution < 1.29 is 14.4 Å². The van der Waals surface area contributed by atoms with Gasteiger partial charge in [-0.2, -0.15) is 0 Å². The summed E-state index contributed by atoms with van der Waals surface area (Å²) in [5.74, 6) is -2.21. The Morgan fingerprint density at radius 3 is 2.38 bits per heavy atom. The topological polar surface area (TPSA) is 81.8 Å². The van der Waals surface area contributed by atoms with Crippen LogP contribution >= 0.6 is 0 Å². The average Bonchev–Trinajstić information content (AvgIpc) is 2.63. The summed E-state index contributed by atoms with van der Waals surface area (Å²) in [5.41, 5.74) is 5.17. The van der Waals surface area contributed by atoms with E-state index in [4.69, 9.17) is 0 Å². The second kappa shape index (κ2) is 7.70. The van der Waals surface area contributed by atoms with Crippen LogP contribution in [0.2, 0.25) is 0 Å². The monoisotopic (exact) mass is 356 g/mol. The number of amides is 4. The first-order valence-corrected chi connectivity index (χ1v) is 8.94. The number of imide groups is 2. The Morgan fingerprint density at radius 2 is 1.77 bits per heavy atom. The Morgan fingerprint density at radius 1 is 1.12 bits per heavy atom. The van der Waals surface area contributed by atoms with E-state index in [0.29, 0.717) is 11.4 Å². The van der Waals surface area contributed by atoms with E-state index in [1.807, 2.05) is 24.1 Å². The largest absolute Gasteiger partial charge is 0.335 e. The first kappa shape index (κ1) is 18.1. The molecule has 0 radical (unpaired) electrons. The Balaban J connectivity index is 1.85. The summed E-state index contributed by atoms with van der Waals surface area (Å²) in [6.07, 6.45) is 5.05. The highest BCUT2D eigenvalue weighted by Crippen LogP contribution is 2.24. The number of hydrogen-bond acceptors (Lipinski definition) is 5. The van der Waals surface area contributed by atoms with Crippen LogP contribution in [0.3, 0.4) is 0 Å². The molecule has 2 saturated heterocycles. The van der Waals surface area contributed by atoms with Gasteiger partial charge < -0.3 is 5.43 Å². The van der Waals surface area contributed by atoms with E-state index in [9.17, 15) is 14.4 Å². The maximum Gasteiger partial charge on any atom is 0.335 e. The minimum absolute atomic E-state index is 0.448. The Hall–Kier alpha value is -2.67. The van der Waals surface area contributed by atoms with Crippen molar-refractivity contribution in [2.75, 3.05) is 18.0 Å². The Labute approximate surface area is 153 Å². The van der Waals surface area contributed by atoms with Crippen LogP contribution in [0.1, 0.15) is 31.7 Å². The maximum absolute atomic E-state index is 13.0. The zero-order valence-electron chi connectivity index (χ0n) is 15.1. The molecule has 2 aliphatic rings. The molecule has 0 spiro atoms. The second-order valence-electron chi connectivity index (χ2n) is 6.64. The number of nitrogens with one attached hydrogen (secondary N) is 2. The molecule has 2 aliphatic heterocycles. The highest BCUT2D eigenvalue weighted by atomic mass is 16.2. The Bertz CT molecular complexity index is 736. The maximum atomic E-state index is 13.0. The van der Waals surface area contributed by atoms with Gasteiger partial charge in [0, 0.05) is 18.8 Å². The van der Waals surface area contributed by atoms with Crippen molar-refractivity contribution in [2.45, 2.75) is 33.1 Å². The Kier molecular flexibility index (Phi) is 5.37. The van der Waals surface area contributed by atoms with Gasteiger partial charge in [-0.05, 0) is 38.8 Å². The molecule has 7 heteroatoms. The van der Waals surface area contributed by atoms with Crippen LogP contribution in [0, 0.1) is 12.8 Å². The molecule has 7 nitrogen and oxygen atoms in total. The van der Waals surface area contributed by atoms with Gasteiger partial charge in [-0.3, -0.25) is 14.9 Å². The van der Waals surface area contributed by atoms with Crippen molar-refractivity contribution in [1.29, 1.82) is 0 Å². The van der Waals surface area contributed by atoms with E-state index < -0.39 is 23.8 Å². The number of anilines is 1. The fraction of sp³-hybridized carbons (Fsp3) is 0.421. The molecule has 2 N–H and O–H groups in total. The summed E-state index contributed by atoms with van der Waals surface area (Å²) in [4.78, 5) is 38.7. The van der Waals surface area contributed by atoms with Gasteiger partial charge in [0.1, 0.15) is 0 Å². The third-order valence-corrected chi connectivity index (χ3v) is 4.72. The summed E-state index contributed by atoms with van der Waals surface area (Å²) in [7, 11) is 0. The van der Waals surface area contributed by atoms with Crippen molar-refractivity contribution in [2.24, 2.45) is 5.92 Å². The fourth-order valence-electron chi connectivity index (χ4n) is 3.27. The van der Waals surface area contributed by atoms with E-state index >= 15 is 0 Å². The number of rotatable bonds is 4. The second-order valence-corrected chi connectivity index (χ2v) is 6.64. The molecule has 2 fully saturated rings. The summed E-state index contributed by atoms with van der Waals surface area (Å²) in [5, 5.41) is 4.32. The number of piperidine rings is 1. The van der Waals surface area contributed by atoms with Gasteiger partial charge in [0.2, 0.25) is 5.91 Å². The molecule has 0 unspecified atom stereocenters. The van der Waals surface area contributed by atoms with Gasteiger partial charge in [-0.25, -0.2) is 14.7 Å². The number of aryl methyl sites for hydroxylation is 1. The molecule has 3 rings (SSSR count). The molecule has 0 aliphatic carbocycles. The van der Waals surface area contributed by atoms with Gasteiger partial charge in [-0.1, -0.05) is 30.2 Å². The van der Waals surface area contributed by atoms with Crippen molar-refractivity contribution in [1.82, 2.24) is 15.8 Å². The van der Waals surface area contributed by atoms with Crippen LogP contribution in [0.4, 0.5) is 10.5 Å². The lowest BCUT2D eigenvalue weighted by molar-refractivity contribution is -0.133. The van der Waals surface area contributed by atoms with Crippen molar-refractivity contribution >= 4 is 23.5 Å². The standard InChI is InChI=1S/C19H24N4O3/c1-3-15(21-22-11-5-4-6-12-22)16-17(24)20-19(26)23(18(16)25)14-9-7-13(2)8-10-14/h3,7-10,16,21H,4-6,11-12H2,1-2H3,(H,20,24,26)/b15-3+/t16-/m1/s1. The number of barbiturate groups is 1. The lowest BCUT2D eigenvalue weighted by Crippen LogP contribution is -2.60. The van der Waals surface area contributed by atoms with E-state index in [0.717, 1.165) is 36.4 Å². The van der Waals surface area contributed by atoms with Gasteiger partial charge >= 0.3 is 6.03 Å². The minimum atomic E-state index is -1.07. The zero-order valence-corrected chi connectivity index (χ0v) is 15.1. The molecular formula is C19H24N4O3. The highest BCUT2D eigenvalue weighted by Gasteiger charge is 2.43. The van der Waals surface area contributed by atoms with Crippen molar-refractivity contribution in [3.8, 4) is 0 Å². The molecule has 1 aromatic rings. The number of allylic oxidation sites excluding steroid dienone is 1. The third kappa shape index (κ3) is 3.62. The van der Waals surface area contributed by atoms with Gasteiger partial charge in [0.05, 0.1) is 5.69 Å². The molecule has 4 amide bonds. The molecule has 1 atom stereocenters.